The molecule has 2 N–H and O–H groups in total. The molecule has 3 nitrogen and oxygen atoms in total. The summed E-state index contributed by atoms with van der Waals surface area (Å²) in [6.07, 6.45) is 0. The predicted molar refractivity (Wildman–Crippen MR) is 41.6 cm³/mol. The maximum atomic E-state index is 10.4. The Morgan fingerprint density at radius 1 is 1.55 bits per heavy atom. The standard InChI is InChI=1S/C7H9NO2Se/c1-3-4(2)11-6(5(3)8)7(9)10/h8H2,1-2H3,(H,9,10)/p-1. The fourth-order valence-electron chi connectivity index (χ4n) is 0.796. The molecule has 0 aliphatic rings. The molecule has 11 heavy (non-hydrogen) atoms. The predicted octanol–water partition coefficient (Wildman–Crippen LogP) is -0.694. The molecule has 0 aromatic carbocycles. The number of rotatable bonds is 1. The summed E-state index contributed by atoms with van der Waals surface area (Å²) in [4.78, 5) is 10.4. The van der Waals surface area contributed by atoms with E-state index in [1.165, 1.54) is 0 Å². The number of hydrogen-bond acceptors (Lipinski definition) is 3. The van der Waals surface area contributed by atoms with E-state index in [9.17, 15) is 9.90 Å². The van der Waals surface area contributed by atoms with E-state index < -0.39 is 5.97 Å². The number of aryl methyl sites for hydroxylation is 1. The number of carbonyl (C=O) groups excluding carboxylic acids is 1. The molecule has 0 saturated heterocycles. The second kappa shape index (κ2) is 2.72. The van der Waals surface area contributed by atoms with Gasteiger partial charge >= 0.3 is 70.1 Å². The van der Waals surface area contributed by atoms with Crippen LogP contribution in [0.25, 0.3) is 0 Å². The van der Waals surface area contributed by atoms with Crippen molar-refractivity contribution < 1.29 is 9.90 Å². The summed E-state index contributed by atoms with van der Waals surface area (Å²) in [5.74, 6) is -1.13. The summed E-state index contributed by atoms with van der Waals surface area (Å²) in [7, 11) is 0. The first-order chi connectivity index (χ1) is 5.04. The molecule has 1 aromatic heterocycles. The molecule has 0 bridgehead atoms. The molecular formula is C7H8NO2Se-. The fourth-order valence-corrected chi connectivity index (χ4v) is 2.72. The molecule has 0 unspecified atom stereocenters. The number of nitrogen functional groups attached to an aromatic ring is 1. The topological polar surface area (TPSA) is 66.1 Å². The summed E-state index contributed by atoms with van der Waals surface area (Å²) >= 11 is -0.118. The summed E-state index contributed by atoms with van der Waals surface area (Å²) in [5.41, 5.74) is 6.84. The van der Waals surface area contributed by atoms with E-state index in [1.807, 2.05) is 13.8 Å². The molecule has 0 fully saturated rings. The van der Waals surface area contributed by atoms with Crippen molar-refractivity contribution >= 4 is 26.2 Å². The van der Waals surface area contributed by atoms with Gasteiger partial charge in [-0.25, -0.2) is 0 Å². The minimum atomic E-state index is -1.13. The van der Waals surface area contributed by atoms with Gasteiger partial charge in [-0.15, -0.1) is 0 Å². The van der Waals surface area contributed by atoms with E-state index in [-0.39, 0.29) is 18.9 Å². The number of carboxylic acid groups (broad SMARTS) is 1. The zero-order chi connectivity index (χ0) is 8.59. The molecule has 1 heterocycles. The van der Waals surface area contributed by atoms with Crippen LogP contribution in [0.4, 0.5) is 5.69 Å². The van der Waals surface area contributed by atoms with Crippen molar-refractivity contribution in [2.75, 3.05) is 5.73 Å². The SMILES string of the molecule is Cc1[se]c(C(=O)[O-])c(N)c1C. The van der Waals surface area contributed by atoms with E-state index in [0.29, 0.717) is 5.69 Å². The van der Waals surface area contributed by atoms with Gasteiger partial charge in [0.25, 0.3) is 0 Å². The molecule has 0 spiro atoms. The summed E-state index contributed by atoms with van der Waals surface area (Å²) in [5, 5.41) is 10.4. The van der Waals surface area contributed by atoms with Crippen molar-refractivity contribution in [3.05, 3.63) is 14.4 Å². The van der Waals surface area contributed by atoms with Crippen LogP contribution < -0.4 is 10.8 Å². The molecule has 1 aromatic rings. The Labute approximate surface area is 70.6 Å². The van der Waals surface area contributed by atoms with Crippen molar-refractivity contribution in [2.24, 2.45) is 0 Å². The normalized spacial score (nSPS) is 10.0. The molecule has 1 rings (SSSR count). The van der Waals surface area contributed by atoms with E-state index in [0.717, 1.165) is 10.0 Å². The Morgan fingerprint density at radius 3 is 2.27 bits per heavy atom. The second-order valence-corrected chi connectivity index (χ2v) is 4.88. The number of hydrogen-bond donors (Lipinski definition) is 1. The molecule has 0 aliphatic heterocycles. The van der Waals surface area contributed by atoms with Crippen molar-refractivity contribution in [1.29, 1.82) is 0 Å². The van der Waals surface area contributed by atoms with Crippen molar-refractivity contribution in [3.8, 4) is 0 Å². The van der Waals surface area contributed by atoms with Crippen molar-refractivity contribution in [1.82, 2.24) is 0 Å². The Kier molecular flexibility index (Phi) is 2.07. The van der Waals surface area contributed by atoms with Crippen LogP contribution >= 0.6 is 0 Å². The third-order valence-corrected chi connectivity index (χ3v) is 4.14. The van der Waals surface area contributed by atoms with Crippen LogP contribution in [0.1, 0.15) is 19.2 Å². The average molecular weight is 217 g/mol. The van der Waals surface area contributed by atoms with Gasteiger partial charge in [0.15, 0.2) is 0 Å². The minimum absolute atomic E-state index is 0.118. The Bertz CT molecular complexity index is 304. The summed E-state index contributed by atoms with van der Waals surface area (Å²) in [6, 6.07) is 0. The van der Waals surface area contributed by atoms with Crippen molar-refractivity contribution in [3.63, 3.8) is 0 Å². The van der Waals surface area contributed by atoms with E-state index in [1.54, 1.807) is 0 Å². The Hall–Kier alpha value is -0.731. The Morgan fingerprint density at radius 2 is 2.09 bits per heavy atom. The molecule has 0 aliphatic carbocycles. The summed E-state index contributed by atoms with van der Waals surface area (Å²) < 4.78 is 1.36. The molecule has 4 heteroatoms. The molecular weight excluding hydrogens is 209 g/mol. The number of nitrogens with two attached hydrogens (primary N) is 1. The van der Waals surface area contributed by atoms with Crippen LogP contribution in [0.15, 0.2) is 0 Å². The van der Waals surface area contributed by atoms with Gasteiger partial charge in [-0.05, 0) is 0 Å². The van der Waals surface area contributed by atoms with Crippen LogP contribution in [-0.2, 0) is 0 Å². The van der Waals surface area contributed by atoms with Gasteiger partial charge in [0.2, 0.25) is 0 Å². The first-order valence-electron chi connectivity index (χ1n) is 3.11. The first-order valence-corrected chi connectivity index (χ1v) is 4.82. The molecule has 0 saturated carbocycles. The van der Waals surface area contributed by atoms with E-state index in [4.69, 9.17) is 5.73 Å². The van der Waals surface area contributed by atoms with Crippen LogP contribution in [-0.4, -0.2) is 20.5 Å². The number of carbonyl (C=O) groups is 1. The third kappa shape index (κ3) is 1.32. The van der Waals surface area contributed by atoms with Gasteiger partial charge in [-0.3, -0.25) is 0 Å². The molecule has 0 amide bonds. The van der Waals surface area contributed by atoms with Gasteiger partial charge in [-0.1, -0.05) is 0 Å². The number of anilines is 1. The summed E-state index contributed by atoms with van der Waals surface area (Å²) in [6.45, 7) is 3.74. The molecule has 0 radical (unpaired) electrons. The molecule has 60 valence electrons. The van der Waals surface area contributed by atoms with E-state index in [2.05, 4.69) is 0 Å². The van der Waals surface area contributed by atoms with Crippen molar-refractivity contribution in [2.45, 2.75) is 13.8 Å². The van der Waals surface area contributed by atoms with Gasteiger partial charge < -0.3 is 0 Å². The average Bonchev–Trinajstić information content (AvgIpc) is 2.17. The Balaban J connectivity index is 3.29. The second-order valence-electron chi connectivity index (χ2n) is 2.31. The van der Waals surface area contributed by atoms with Gasteiger partial charge in [-0.2, -0.15) is 0 Å². The van der Waals surface area contributed by atoms with Gasteiger partial charge in [0, 0.05) is 0 Å². The third-order valence-electron chi connectivity index (χ3n) is 1.62. The zero-order valence-corrected chi connectivity index (χ0v) is 8.02. The molecule has 0 atom stereocenters. The first kappa shape index (κ1) is 8.37. The maximum absolute atomic E-state index is 10.4. The fraction of sp³-hybridized carbons (Fsp3) is 0.286. The van der Waals surface area contributed by atoms with Crippen LogP contribution in [0.3, 0.4) is 0 Å². The zero-order valence-electron chi connectivity index (χ0n) is 6.30. The van der Waals surface area contributed by atoms with E-state index >= 15 is 0 Å². The van der Waals surface area contributed by atoms with Crippen LogP contribution in [0.2, 0.25) is 0 Å². The van der Waals surface area contributed by atoms with Crippen LogP contribution in [0, 0.1) is 13.8 Å². The van der Waals surface area contributed by atoms with Crippen LogP contribution in [0.5, 0.6) is 0 Å². The monoisotopic (exact) mass is 218 g/mol. The van der Waals surface area contributed by atoms with Gasteiger partial charge in [0.1, 0.15) is 0 Å². The number of carboxylic acids is 1. The number of aromatic carboxylic acids is 1. The quantitative estimate of drug-likeness (QED) is 0.633. The van der Waals surface area contributed by atoms with Gasteiger partial charge in [0.05, 0.1) is 0 Å².